The molecule has 0 radical (unpaired) electrons. The third kappa shape index (κ3) is 4.94. The molecular formula is C22H25N3O4S. The van der Waals surface area contributed by atoms with Gasteiger partial charge in [0.2, 0.25) is 0 Å². The third-order valence-electron chi connectivity index (χ3n) is 4.35. The zero-order valence-electron chi connectivity index (χ0n) is 17.5. The van der Waals surface area contributed by atoms with Crippen molar-refractivity contribution in [3.8, 4) is 0 Å². The number of unbranched alkanes of at least 4 members (excludes halogenated alkanes) is 1. The molecule has 0 saturated carbocycles. The number of aromatic nitrogens is 2. The van der Waals surface area contributed by atoms with Crippen molar-refractivity contribution in [2.45, 2.75) is 46.6 Å². The molecule has 30 heavy (non-hydrogen) atoms. The quantitative estimate of drug-likeness (QED) is 0.387. The molecule has 0 atom stereocenters. The van der Waals surface area contributed by atoms with E-state index in [1.54, 1.807) is 18.2 Å². The van der Waals surface area contributed by atoms with E-state index in [2.05, 4.69) is 15.3 Å². The van der Waals surface area contributed by atoms with E-state index >= 15 is 0 Å². The zero-order chi connectivity index (χ0) is 21.7. The minimum atomic E-state index is -0.367. The largest absolute Gasteiger partial charge is 0.462 e. The molecule has 0 amide bonds. The lowest BCUT2D eigenvalue weighted by Gasteiger charge is -2.10. The summed E-state index contributed by atoms with van der Waals surface area (Å²) in [5.74, 6) is -0.160. The highest BCUT2D eigenvalue weighted by atomic mass is 32.1. The Kier molecular flexibility index (Phi) is 6.99. The summed E-state index contributed by atoms with van der Waals surface area (Å²) in [4.78, 5) is 34.5. The number of rotatable bonds is 8. The molecule has 0 bridgehead atoms. The molecule has 0 aliphatic rings. The first-order valence-corrected chi connectivity index (χ1v) is 10.7. The molecule has 3 rings (SSSR count). The van der Waals surface area contributed by atoms with Crippen molar-refractivity contribution in [2.75, 3.05) is 11.9 Å². The fraction of sp³-hybridized carbons (Fsp3) is 0.364. The van der Waals surface area contributed by atoms with Crippen molar-refractivity contribution in [3.05, 3.63) is 46.6 Å². The Morgan fingerprint density at radius 3 is 2.73 bits per heavy atom. The number of esters is 2. The third-order valence-corrected chi connectivity index (χ3v) is 5.53. The van der Waals surface area contributed by atoms with Crippen molar-refractivity contribution in [2.24, 2.45) is 0 Å². The Hall–Kier alpha value is -3.00. The van der Waals surface area contributed by atoms with Gasteiger partial charge in [-0.05, 0) is 51.0 Å². The molecule has 3 aromatic rings. The van der Waals surface area contributed by atoms with E-state index in [0.29, 0.717) is 33.4 Å². The Balaban J connectivity index is 1.88. The highest BCUT2D eigenvalue weighted by Crippen LogP contribution is 2.35. The van der Waals surface area contributed by atoms with Gasteiger partial charge in [-0.1, -0.05) is 19.4 Å². The Morgan fingerprint density at radius 1 is 1.20 bits per heavy atom. The molecule has 2 heterocycles. The van der Waals surface area contributed by atoms with Gasteiger partial charge in [0, 0.05) is 5.69 Å². The zero-order valence-corrected chi connectivity index (χ0v) is 18.3. The summed E-state index contributed by atoms with van der Waals surface area (Å²) in [6, 6.07) is 7.05. The average Bonchev–Trinajstić information content (AvgIpc) is 3.05. The first-order chi connectivity index (χ1) is 14.4. The summed E-state index contributed by atoms with van der Waals surface area (Å²) in [5, 5.41) is 4.00. The van der Waals surface area contributed by atoms with Crippen molar-refractivity contribution in [1.82, 2.24) is 9.97 Å². The van der Waals surface area contributed by atoms with Gasteiger partial charge in [-0.25, -0.2) is 19.6 Å². The maximum Gasteiger partial charge on any atom is 0.348 e. The van der Waals surface area contributed by atoms with E-state index in [1.165, 1.54) is 17.7 Å². The monoisotopic (exact) mass is 427 g/mol. The number of hydrogen-bond donors (Lipinski definition) is 1. The van der Waals surface area contributed by atoms with E-state index in [1.807, 2.05) is 33.8 Å². The van der Waals surface area contributed by atoms with Crippen LogP contribution in [0.25, 0.3) is 10.2 Å². The first kappa shape index (κ1) is 21.7. The predicted molar refractivity (Wildman–Crippen MR) is 118 cm³/mol. The number of carbonyl (C=O) groups is 2. The summed E-state index contributed by atoms with van der Waals surface area (Å²) < 4.78 is 10.6. The molecule has 1 aromatic carbocycles. The molecule has 0 fully saturated rings. The SMILES string of the molecule is CCCCOC(=O)c1cccc(Nc2ncnc3sc(C(=O)OC(C)C)c(C)c23)c1. The van der Waals surface area contributed by atoms with Gasteiger partial charge in [0.25, 0.3) is 0 Å². The Bertz CT molecular complexity index is 1060. The van der Waals surface area contributed by atoms with Gasteiger partial charge in [-0.3, -0.25) is 0 Å². The lowest BCUT2D eigenvalue weighted by atomic mass is 10.1. The summed E-state index contributed by atoms with van der Waals surface area (Å²) in [6.45, 7) is 7.93. The second-order valence-electron chi connectivity index (χ2n) is 7.11. The van der Waals surface area contributed by atoms with E-state index in [0.717, 1.165) is 23.8 Å². The summed E-state index contributed by atoms with van der Waals surface area (Å²) in [5.41, 5.74) is 1.92. The number of carbonyl (C=O) groups excluding carboxylic acids is 2. The minimum Gasteiger partial charge on any atom is -0.462 e. The number of thiophene rings is 1. The molecule has 158 valence electrons. The van der Waals surface area contributed by atoms with Gasteiger partial charge in [0.05, 0.1) is 23.7 Å². The molecule has 0 aliphatic heterocycles. The van der Waals surface area contributed by atoms with Crippen LogP contribution in [0, 0.1) is 6.92 Å². The molecular weight excluding hydrogens is 402 g/mol. The van der Waals surface area contributed by atoms with Crippen molar-refractivity contribution < 1.29 is 19.1 Å². The van der Waals surface area contributed by atoms with Gasteiger partial charge in [-0.2, -0.15) is 0 Å². The number of anilines is 2. The molecule has 0 aliphatic carbocycles. The molecule has 8 heteroatoms. The smallest absolute Gasteiger partial charge is 0.348 e. The van der Waals surface area contributed by atoms with Crippen LogP contribution in [-0.2, 0) is 9.47 Å². The summed E-state index contributed by atoms with van der Waals surface area (Å²) in [6.07, 6.45) is 3.04. The number of ether oxygens (including phenoxy) is 2. The van der Waals surface area contributed by atoms with Gasteiger partial charge in [-0.15, -0.1) is 11.3 Å². The van der Waals surface area contributed by atoms with Gasteiger partial charge >= 0.3 is 11.9 Å². The average molecular weight is 428 g/mol. The summed E-state index contributed by atoms with van der Waals surface area (Å²) >= 11 is 1.28. The van der Waals surface area contributed by atoms with Crippen LogP contribution in [0.3, 0.4) is 0 Å². The van der Waals surface area contributed by atoms with E-state index in [-0.39, 0.29) is 18.0 Å². The van der Waals surface area contributed by atoms with Crippen molar-refractivity contribution in [1.29, 1.82) is 0 Å². The van der Waals surface area contributed by atoms with Gasteiger partial charge in [0.1, 0.15) is 21.9 Å². The standard InChI is InChI=1S/C22H25N3O4S/c1-5-6-10-28-21(26)15-8-7-9-16(11-15)25-19-17-14(4)18(22(27)29-13(2)3)30-20(17)24-12-23-19/h7-9,11-13H,5-6,10H2,1-4H3,(H,23,24,25). The molecule has 2 aromatic heterocycles. The molecule has 1 N–H and O–H groups in total. The molecule has 0 unspecified atom stereocenters. The maximum atomic E-state index is 12.4. The van der Waals surface area contributed by atoms with Crippen LogP contribution >= 0.6 is 11.3 Å². The molecule has 0 saturated heterocycles. The Labute approximate surface area is 179 Å². The van der Waals surface area contributed by atoms with E-state index in [4.69, 9.17) is 9.47 Å². The molecule has 0 spiro atoms. The second-order valence-corrected chi connectivity index (χ2v) is 8.11. The van der Waals surface area contributed by atoms with Crippen LogP contribution in [0.15, 0.2) is 30.6 Å². The lowest BCUT2D eigenvalue weighted by molar-refractivity contribution is 0.0382. The highest BCUT2D eigenvalue weighted by Gasteiger charge is 2.21. The van der Waals surface area contributed by atoms with Gasteiger partial charge in [0.15, 0.2) is 0 Å². The maximum absolute atomic E-state index is 12.4. The van der Waals surface area contributed by atoms with Crippen LogP contribution in [0.4, 0.5) is 11.5 Å². The number of nitrogens with zero attached hydrogens (tertiary/aromatic N) is 2. The number of hydrogen-bond acceptors (Lipinski definition) is 8. The number of benzene rings is 1. The number of nitrogens with one attached hydrogen (secondary N) is 1. The number of aryl methyl sites for hydroxylation is 1. The normalized spacial score (nSPS) is 11.0. The fourth-order valence-electron chi connectivity index (χ4n) is 2.88. The lowest BCUT2D eigenvalue weighted by Crippen LogP contribution is -2.11. The fourth-order valence-corrected chi connectivity index (χ4v) is 3.91. The van der Waals surface area contributed by atoms with Crippen LogP contribution < -0.4 is 5.32 Å². The summed E-state index contributed by atoms with van der Waals surface area (Å²) in [7, 11) is 0. The van der Waals surface area contributed by atoms with E-state index < -0.39 is 0 Å². The van der Waals surface area contributed by atoms with Crippen LogP contribution in [0.5, 0.6) is 0 Å². The minimum absolute atomic E-state index is 0.203. The van der Waals surface area contributed by atoms with Crippen LogP contribution in [0.2, 0.25) is 0 Å². The van der Waals surface area contributed by atoms with Crippen molar-refractivity contribution in [3.63, 3.8) is 0 Å². The molecule has 7 nitrogen and oxygen atoms in total. The highest BCUT2D eigenvalue weighted by molar-refractivity contribution is 7.20. The first-order valence-electron chi connectivity index (χ1n) is 9.90. The van der Waals surface area contributed by atoms with Gasteiger partial charge < -0.3 is 14.8 Å². The number of fused-ring (bicyclic) bond motifs is 1. The second kappa shape index (κ2) is 9.67. The topological polar surface area (TPSA) is 90.4 Å². The van der Waals surface area contributed by atoms with E-state index in [9.17, 15) is 9.59 Å². The van der Waals surface area contributed by atoms with Crippen molar-refractivity contribution >= 4 is 45.0 Å². The predicted octanol–water partition coefficient (Wildman–Crippen LogP) is 5.27. The Morgan fingerprint density at radius 2 is 2.00 bits per heavy atom. The van der Waals surface area contributed by atoms with Crippen LogP contribution in [0.1, 0.15) is 59.2 Å². The van der Waals surface area contributed by atoms with Crippen LogP contribution in [-0.4, -0.2) is 34.6 Å².